The molecule has 1 rings (SSSR count). The predicted octanol–water partition coefficient (Wildman–Crippen LogP) is -1.06. The maximum Gasteiger partial charge on any atom is 0.235 e. The number of hydrogen-bond donors (Lipinski definition) is 2. The van der Waals surface area contributed by atoms with E-state index < -0.39 is 0 Å². The molecule has 0 aromatic heterocycles. The average molecular weight is 143 g/mol. The minimum atomic E-state index is 0.0643. The molecule has 10 heavy (non-hydrogen) atoms. The molecule has 0 unspecified atom stereocenters. The van der Waals surface area contributed by atoms with E-state index in [0.717, 1.165) is 19.5 Å². The van der Waals surface area contributed by atoms with Crippen LogP contribution in [0.15, 0.2) is 0 Å². The fourth-order valence-corrected chi connectivity index (χ4v) is 0.974. The largest absolute Gasteiger partial charge is 0.358 e. The van der Waals surface area contributed by atoms with E-state index in [1.165, 1.54) is 0 Å². The topological polar surface area (TPSA) is 44.4 Å². The summed E-state index contributed by atoms with van der Waals surface area (Å²) in [4.78, 5) is 10.8. The Labute approximate surface area is 60.5 Å². The van der Waals surface area contributed by atoms with Crippen molar-refractivity contribution in [2.45, 2.75) is 6.42 Å². The van der Waals surface area contributed by atoms with Gasteiger partial charge in [-0.1, -0.05) is 0 Å². The van der Waals surface area contributed by atoms with Gasteiger partial charge in [-0.25, -0.2) is 5.01 Å². The Kier molecular flexibility index (Phi) is 2.65. The summed E-state index contributed by atoms with van der Waals surface area (Å²) in [5, 5.41) is 4.50. The van der Waals surface area contributed by atoms with Crippen LogP contribution in [0, 0.1) is 0 Å². The number of nitrogens with one attached hydrogen (secondary N) is 2. The van der Waals surface area contributed by atoms with Gasteiger partial charge in [0.15, 0.2) is 0 Å². The zero-order chi connectivity index (χ0) is 7.40. The number of amides is 1. The molecule has 0 bridgehead atoms. The van der Waals surface area contributed by atoms with Crippen LogP contribution in [0.4, 0.5) is 0 Å². The van der Waals surface area contributed by atoms with Crippen LogP contribution in [0.5, 0.6) is 0 Å². The molecule has 0 spiro atoms. The molecule has 4 nitrogen and oxygen atoms in total. The molecule has 1 fully saturated rings. The number of hydrogen-bond acceptors (Lipinski definition) is 3. The van der Waals surface area contributed by atoms with Gasteiger partial charge in [-0.3, -0.25) is 10.2 Å². The molecule has 4 heteroatoms. The first-order valence-electron chi connectivity index (χ1n) is 3.52. The monoisotopic (exact) mass is 143 g/mol. The molecule has 2 N–H and O–H groups in total. The summed E-state index contributed by atoms with van der Waals surface area (Å²) in [6.07, 6.45) is 1.14. The van der Waals surface area contributed by atoms with Crippen molar-refractivity contribution in [1.82, 2.24) is 15.8 Å². The summed E-state index contributed by atoms with van der Waals surface area (Å²) in [6, 6.07) is 0. The third kappa shape index (κ3) is 1.97. The molecular weight excluding hydrogens is 130 g/mol. The highest BCUT2D eigenvalue weighted by molar-refractivity contribution is 5.77. The molecular formula is C6H13N3O. The van der Waals surface area contributed by atoms with Gasteiger partial charge in [0.25, 0.3) is 0 Å². The molecule has 58 valence electrons. The highest BCUT2D eigenvalue weighted by Gasteiger charge is 2.12. The summed E-state index contributed by atoms with van der Waals surface area (Å²) in [5.41, 5.74) is 3.09. The fraction of sp³-hybridized carbons (Fsp3) is 0.833. The van der Waals surface area contributed by atoms with Crippen LogP contribution >= 0.6 is 0 Å². The van der Waals surface area contributed by atoms with Crippen LogP contribution in [0.3, 0.4) is 0 Å². The van der Waals surface area contributed by atoms with Gasteiger partial charge in [-0.2, -0.15) is 0 Å². The lowest BCUT2D eigenvalue weighted by atomic mass is 10.4. The normalized spacial score (nSPS) is 19.3. The highest BCUT2D eigenvalue weighted by atomic mass is 16.2. The molecule has 1 aliphatic heterocycles. The van der Waals surface area contributed by atoms with Gasteiger partial charge < -0.3 is 5.32 Å². The Morgan fingerprint density at radius 2 is 2.60 bits per heavy atom. The zero-order valence-corrected chi connectivity index (χ0v) is 6.18. The molecule has 0 aliphatic carbocycles. The lowest BCUT2D eigenvalue weighted by Crippen LogP contribution is -2.39. The molecule has 1 amide bonds. The lowest BCUT2D eigenvalue weighted by Gasteiger charge is -2.12. The van der Waals surface area contributed by atoms with Crippen molar-refractivity contribution in [3.05, 3.63) is 0 Å². The quantitative estimate of drug-likeness (QED) is 0.518. The maximum atomic E-state index is 10.8. The molecule has 0 aromatic rings. The van der Waals surface area contributed by atoms with Gasteiger partial charge in [0.2, 0.25) is 5.91 Å². The summed E-state index contributed by atoms with van der Waals surface area (Å²) in [5.74, 6) is 0.0643. The van der Waals surface area contributed by atoms with Crippen molar-refractivity contribution >= 4 is 5.91 Å². The lowest BCUT2D eigenvalue weighted by molar-refractivity contribution is -0.122. The highest BCUT2D eigenvalue weighted by Crippen LogP contribution is 1.93. The Morgan fingerprint density at radius 1 is 1.80 bits per heavy atom. The van der Waals surface area contributed by atoms with Gasteiger partial charge in [0.1, 0.15) is 0 Å². The van der Waals surface area contributed by atoms with Crippen LogP contribution in [0.25, 0.3) is 0 Å². The van der Waals surface area contributed by atoms with Crippen LogP contribution < -0.4 is 10.7 Å². The number of likely N-dealkylation sites (N-methyl/N-ethyl adjacent to an activating group) is 1. The molecule has 0 saturated carbocycles. The molecule has 1 saturated heterocycles. The van der Waals surface area contributed by atoms with E-state index in [-0.39, 0.29) is 5.91 Å². The van der Waals surface area contributed by atoms with Crippen molar-refractivity contribution in [3.8, 4) is 0 Å². The second-order valence-corrected chi connectivity index (χ2v) is 2.36. The van der Waals surface area contributed by atoms with Crippen molar-refractivity contribution in [1.29, 1.82) is 0 Å². The van der Waals surface area contributed by atoms with Crippen LogP contribution in [-0.2, 0) is 4.79 Å². The molecule has 0 atom stereocenters. The van der Waals surface area contributed by atoms with E-state index in [1.807, 2.05) is 5.01 Å². The fourth-order valence-electron chi connectivity index (χ4n) is 0.974. The van der Waals surface area contributed by atoms with Crippen LogP contribution in [-0.4, -0.2) is 37.6 Å². The average Bonchev–Trinajstić information content (AvgIpc) is 2.40. The van der Waals surface area contributed by atoms with Crippen molar-refractivity contribution in [2.24, 2.45) is 0 Å². The SMILES string of the molecule is CNC(=O)CN1CCCN1. The van der Waals surface area contributed by atoms with E-state index in [4.69, 9.17) is 0 Å². The minimum Gasteiger partial charge on any atom is -0.358 e. The summed E-state index contributed by atoms with van der Waals surface area (Å²) < 4.78 is 0. The Bertz CT molecular complexity index is 120. The number of hydrazine groups is 1. The van der Waals surface area contributed by atoms with Gasteiger partial charge >= 0.3 is 0 Å². The Hall–Kier alpha value is -0.610. The van der Waals surface area contributed by atoms with E-state index in [1.54, 1.807) is 7.05 Å². The predicted molar refractivity (Wildman–Crippen MR) is 38.3 cm³/mol. The smallest absolute Gasteiger partial charge is 0.235 e. The van der Waals surface area contributed by atoms with Gasteiger partial charge in [0, 0.05) is 20.1 Å². The van der Waals surface area contributed by atoms with Crippen LogP contribution in [0.2, 0.25) is 0 Å². The zero-order valence-electron chi connectivity index (χ0n) is 6.18. The van der Waals surface area contributed by atoms with Gasteiger partial charge in [0.05, 0.1) is 6.54 Å². The third-order valence-electron chi connectivity index (χ3n) is 1.55. The minimum absolute atomic E-state index is 0.0643. The maximum absolute atomic E-state index is 10.8. The van der Waals surface area contributed by atoms with E-state index in [9.17, 15) is 4.79 Å². The summed E-state index contributed by atoms with van der Waals surface area (Å²) in [7, 11) is 1.65. The standard InChI is InChI=1S/C6H13N3O/c1-7-6(10)5-9-4-2-3-8-9/h8H,2-5H2,1H3,(H,7,10). The Balaban J connectivity index is 2.17. The number of carbonyl (C=O) groups is 1. The first-order chi connectivity index (χ1) is 4.83. The van der Waals surface area contributed by atoms with Crippen molar-refractivity contribution < 1.29 is 4.79 Å². The molecule has 1 heterocycles. The number of nitrogens with zero attached hydrogens (tertiary/aromatic N) is 1. The second kappa shape index (κ2) is 3.53. The van der Waals surface area contributed by atoms with Crippen molar-refractivity contribution in [3.63, 3.8) is 0 Å². The number of rotatable bonds is 2. The summed E-state index contributed by atoms with van der Waals surface area (Å²) >= 11 is 0. The first kappa shape index (κ1) is 7.50. The number of carbonyl (C=O) groups excluding carboxylic acids is 1. The van der Waals surface area contributed by atoms with E-state index in [2.05, 4.69) is 10.7 Å². The van der Waals surface area contributed by atoms with Crippen molar-refractivity contribution in [2.75, 3.05) is 26.7 Å². The first-order valence-corrected chi connectivity index (χ1v) is 3.52. The van der Waals surface area contributed by atoms with Gasteiger partial charge in [-0.05, 0) is 6.42 Å². The molecule has 0 radical (unpaired) electrons. The molecule has 1 aliphatic rings. The third-order valence-corrected chi connectivity index (χ3v) is 1.55. The second-order valence-electron chi connectivity index (χ2n) is 2.36. The van der Waals surface area contributed by atoms with Crippen LogP contribution in [0.1, 0.15) is 6.42 Å². The molecule has 0 aromatic carbocycles. The van der Waals surface area contributed by atoms with E-state index in [0.29, 0.717) is 6.54 Å². The Morgan fingerprint density at radius 3 is 3.10 bits per heavy atom. The van der Waals surface area contributed by atoms with Gasteiger partial charge in [-0.15, -0.1) is 0 Å². The van der Waals surface area contributed by atoms with E-state index >= 15 is 0 Å². The summed E-state index contributed by atoms with van der Waals surface area (Å²) in [6.45, 7) is 2.45.